The van der Waals surface area contributed by atoms with Gasteiger partial charge in [0.05, 0.1) is 12.9 Å². The van der Waals surface area contributed by atoms with Crippen molar-refractivity contribution in [2.24, 2.45) is 0 Å². The van der Waals surface area contributed by atoms with E-state index in [0.717, 1.165) is 17.7 Å². The fourth-order valence-electron chi connectivity index (χ4n) is 2.81. The largest absolute Gasteiger partial charge is 0.494 e. The minimum Gasteiger partial charge on any atom is -0.494 e. The van der Waals surface area contributed by atoms with Gasteiger partial charge in [0.2, 0.25) is 11.8 Å². The van der Waals surface area contributed by atoms with Crippen molar-refractivity contribution < 1.29 is 23.5 Å². The molecule has 0 aliphatic heterocycles. The summed E-state index contributed by atoms with van der Waals surface area (Å²) in [5.74, 6) is 1.69. The minimum atomic E-state index is -0.294. The van der Waals surface area contributed by atoms with E-state index in [4.69, 9.17) is 13.9 Å². The molecule has 0 unspecified atom stereocenters. The Morgan fingerprint density at radius 1 is 1.03 bits per heavy atom. The number of hydrogen-bond donors (Lipinski definition) is 2. The van der Waals surface area contributed by atoms with E-state index < -0.39 is 0 Å². The fraction of sp³-hybridized carbons (Fsp3) is 0.292. The summed E-state index contributed by atoms with van der Waals surface area (Å²) in [6, 6.07) is 14.2. The van der Waals surface area contributed by atoms with Crippen molar-refractivity contribution >= 4 is 11.8 Å². The van der Waals surface area contributed by atoms with E-state index in [1.807, 2.05) is 30.3 Å². The van der Waals surface area contributed by atoms with E-state index >= 15 is 0 Å². The molecule has 0 radical (unpaired) electrons. The highest BCUT2D eigenvalue weighted by molar-refractivity contribution is 5.91. The molecule has 0 bridgehead atoms. The Morgan fingerprint density at radius 2 is 1.84 bits per heavy atom. The molecule has 3 aromatic rings. The third kappa shape index (κ3) is 7.16. The molecule has 0 aliphatic rings. The Labute approximate surface area is 186 Å². The second kappa shape index (κ2) is 12.1. The van der Waals surface area contributed by atoms with Crippen molar-refractivity contribution in [3.8, 4) is 17.4 Å². The molecule has 1 aromatic carbocycles. The molecular weight excluding hydrogens is 410 g/mol. The number of rotatable bonds is 12. The van der Waals surface area contributed by atoms with Crippen molar-refractivity contribution in [1.29, 1.82) is 0 Å². The molecule has 2 N–H and O–H groups in total. The number of carbonyl (C=O) groups is 2. The van der Waals surface area contributed by atoms with Gasteiger partial charge in [-0.1, -0.05) is 13.0 Å². The fourth-order valence-corrected chi connectivity index (χ4v) is 2.81. The van der Waals surface area contributed by atoms with Crippen LogP contribution in [0.25, 0.3) is 0 Å². The zero-order valence-corrected chi connectivity index (χ0v) is 18.0. The Balaban J connectivity index is 1.43. The molecule has 2 aromatic heterocycles. The monoisotopic (exact) mass is 437 g/mol. The maximum atomic E-state index is 12.2. The number of pyridine rings is 1. The predicted octanol–water partition coefficient (Wildman–Crippen LogP) is 4.08. The van der Waals surface area contributed by atoms with E-state index in [1.54, 1.807) is 24.4 Å². The van der Waals surface area contributed by atoms with Crippen LogP contribution in [0.4, 0.5) is 0 Å². The first-order chi connectivity index (χ1) is 15.7. The van der Waals surface area contributed by atoms with Crippen LogP contribution < -0.4 is 20.1 Å². The third-order valence-corrected chi connectivity index (χ3v) is 4.45. The van der Waals surface area contributed by atoms with Gasteiger partial charge in [-0.3, -0.25) is 9.59 Å². The number of benzene rings is 1. The zero-order valence-electron chi connectivity index (χ0n) is 18.0. The summed E-state index contributed by atoms with van der Waals surface area (Å²) in [4.78, 5) is 28.2. The second-order valence-corrected chi connectivity index (χ2v) is 7.00. The maximum absolute atomic E-state index is 12.2. The first-order valence-electron chi connectivity index (χ1n) is 10.6. The molecule has 0 saturated heterocycles. The van der Waals surface area contributed by atoms with Crippen molar-refractivity contribution in [2.75, 3.05) is 13.2 Å². The van der Waals surface area contributed by atoms with Crippen LogP contribution in [0.15, 0.2) is 65.4 Å². The van der Waals surface area contributed by atoms with Gasteiger partial charge in [-0.25, -0.2) is 4.98 Å². The van der Waals surface area contributed by atoms with Crippen LogP contribution in [0, 0.1) is 0 Å². The molecule has 0 spiro atoms. The van der Waals surface area contributed by atoms with Crippen LogP contribution in [0.5, 0.6) is 17.4 Å². The van der Waals surface area contributed by atoms with Gasteiger partial charge in [0.25, 0.3) is 5.91 Å². The Kier molecular flexibility index (Phi) is 8.68. The van der Waals surface area contributed by atoms with Gasteiger partial charge >= 0.3 is 0 Å². The van der Waals surface area contributed by atoms with Crippen LogP contribution in [0.1, 0.15) is 42.3 Å². The molecule has 2 amide bonds. The summed E-state index contributed by atoms with van der Waals surface area (Å²) in [7, 11) is 0. The topological polar surface area (TPSA) is 103 Å². The lowest BCUT2D eigenvalue weighted by Gasteiger charge is -2.11. The van der Waals surface area contributed by atoms with Gasteiger partial charge in [0.15, 0.2) is 5.76 Å². The summed E-state index contributed by atoms with van der Waals surface area (Å²) in [5, 5.41) is 5.58. The minimum absolute atomic E-state index is 0.121. The quantitative estimate of drug-likeness (QED) is 0.414. The lowest BCUT2D eigenvalue weighted by atomic mass is 10.2. The molecule has 0 atom stereocenters. The predicted molar refractivity (Wildman–Crippen MR) is 119 cm³/mol. The van der Waals surface area contributed by atoms with E-state index in [-0.39, 0.29) is 24.0 Å². The van der Waals surface area contributed by atoms with Crippen molar-refractivity contribution in [3.05, 3.63) is 72.3 Å². The average Bonchev–Trinajstić information content (AvgIpc) is 3.36. The highest BCUT2D eigenvalue weighted by atomic mass is 16.5. The number of nitrogens with one attached hydrogen (secondary N) is 2. The first-order valence-corrected chi connectivity index (χ1v) is 10.6. The molecule has 0 aliphatic carbocycles. The first kappa shape index (κ1) is 22.9. The van der Waals surface area contributed by atoms with Gasteiger partial charge < -0.3 is 24.5 Å². The summed E-state index contributed by atoms with van der Waals surface area (Å²) >= 11 is 0. The molecule has 3 rings (SSSR count). The number of amides is 2. The molecular formula is C24H27N3O5. The van der Waals surface area contributed by atoms with Crippen LogP contribution in [0.3, 0.4) is 0 Å². The van der Waals surface area contributed by atoms with Gasteiger partial charge in [0.1, 0.15) is 11.5 Å². The Morgan fingerprint density at radius 3 is 2.59 bits per heavy atom. The molecule has 168 valence electrons. The third-order valence-electron chi connectivity index (χ3n) is 4.45. The van der Waals surface area contributed by atoms with Gasteiger partial charge in [0, 0.05) is 31.3 Å². The van der Waals surface area contributed by atoms with Gasteiger partial charge in [-0.15, -0.1) is 0 Å². The SMILES string of the molecule is CCCOc1ccc(Oc2ncccc2CNC(=O)CCCNC(=O)c2ccco2)cc1. The highest BCUT2D eigenvalue weighted by Gasteiger charge is 2.10. The Hall–Kier alpha value is -3.81. The van der Waals surface area contributed by atoms with Crippen molar-refractivity contribution in [1.82, 2.24) is 15.6 Å². The van der Waals surface area contributed by atoms with Crippen molar-refractivity contribution in [2.45, 2.75) is 32.7 Å². The van der Waals surface area contributed by atoms with Gasteiger partial charge in [-0.05, 0) is 55.3 Å². The van der Waals surface area contributed by atoms with Gasteiger partial charge in [-0.2, -0.15) is 0 Å². The lowest BCUT2D eigenvalue weighted by Crippen LogP contribution is -2.27. The number of ether oxygens (including phenoxy) is 2. The molecule has 2 heterocycles. The maximum Gasteiger partial charge on any atom is 0.286 e. The van der Waals surface area contributed by atoms with E-state index in [0.29, 0.717) is 37.7 Å². The smallest absolute Gasteiger partial charge is 0.286 e. The van der Waals surface area contributed by atoms with Crippen LogP contribution in [-0.2, 0) is 11.3 Å². The second-order valence-electron chi connectivity index (χ2n) is 7.00. The lowest BCUT2D eigenvalue weighted by molar-refractivity contribution is -0.121. The summed E-state index contributed by atoms with van der Waals surface area (Å²) in [5.41, 5.74) is 0.762. The highest BCUT2D eigenvalue weighted by Crippen LogP contribution is 2.25. The molecule has 8 heteroatoms. The number of aromatic nitrogens is 1. The molecule has 0 saturated carbocycles. The van der Waals surface area contributed by atoms with E-state index in [2.05, 4.69) is 22.5 Å². The van der Waals surface area contributed by atoms with Crippen LogP contribution in [0.2, 0.25) is 0 Å². The van der Waals surface area contributed by atoms with E-state index in [1.165, 1.54) is 6.26 Å². The molecule has 8 nitrogen and oxygen atoms in total. The van der Waals surface area contributed by atoms with Crippen LogP contribution in [-0.4, -0.2) is 29.9 Å². The van der Waals surface area contributed by atoms with E-state index in [9.17, 15) is 9.59 Å². The number of hydrogen-bond acceptors (Lipinski definition) is 6. The normalized spacial score (nSPS) is 10.4. The standard InChI is InChI=1S/C24H27N3O5/c1-2-15-30-19-9-11-20(12-10-19)32-24-18(6-3-14-26-24)17-27-22(28)8-4-13-25-23(29)21-7-5-16-31-21/h3,5-7,9-12,14,16H,2,4,8,13,15,17H2,1H3,(H,25,29)(H,27,28). The van der Waals surface area contributed by atoms with Crippen LogP contribution >= 0.6 is 0 Å². The number of nitrogens with zero attached hydrogens (tertiary/aromatic N) is 1. The number of carbonyl (C=O) groups excluding carboxylic acids is 2. The summed E-state index contributed by atoms with van der Waals surface area (Å²) in [6.07, 6.45) is 4.83. The molecule has 0 fully saturated rings. The number of furan rings is 1. The van der Waals surface area contributed by atoms with Crippen molar-refractivity contribution in [3.63, 3.8) is 0 Å². The average molecular weight is 437 g/mol. The molecule has 32 heavy (non-hydrogen) atoms. The zero-order chi connectivity index (χ0) is 22.6. The summed E-state index contributed by atoms with van der Waals surface area (Å²) < 4.78 is 16.5. The Bertz CT molecular complexity index is 987. The summed E-state index contributed by atoms with van der Waals surface area (Å²) in [6.45, 7) is 3.39.